The van der Waals surface area contributed by atoms with Crippen LogP contribution < -0.4 is 10.7 Å². The number of carbonyl (C=O) groups is 1. The van der Waals surface area contributed by atoms with Crippen molar-refractivity contribution in [3.63, 3.8) is 0 Å². The normalized spacial score (nSPS) is 10.4. The molecule has 0 aliphatic carbocycles. The summed E-state index contributed by atoms with van der Waals surface area (Å²) in [5.41, 5.74) is 3.92. The maximum atomic E-state index is 12.2. The average molecular weight is 396 g/mol. The fraction of sp³-hybridized carbons (Fsp3) is 0.143. The van der Waals surface area contributed by atoms with Gasteiger partial charge in [0.25, 0.3) is 0 Å². The third kappa shape index (κ3) is 5.70. The molecule has 3 aromatic rings. The van der Waals surface area contributed by atoms with Gasteiger partial charge in [-0.3, -0.25) is 15.2 Å². The highest BCUT2D eigenvalue weighted by Crippen LogP contribution is 2.23. The monoisotopic (exact) mass is 395 g/mol. The van der Waals surface area contributed by atoms with Gasteiger partial charge in [-0.15, -0.1) is 11.8 Å². The standard InChI is InChI=1S/C21H21N3OS2/c1-24(21(26)22-14-16-7-3-2-4-8-16)23-20(25)15-27-19-12-11-17-9-5-6-10-18(17)13-19/h2-13H,14-15H2,1H3,(H,22,26)(H,23,25). The van der Waals surface area contributed by atoms with Crippen molar-refractivity contribution < 1.29 is 4.79 Å². The molecule has 0 heterocycles. The van der Waals surface area contributed by atoms with Crippen molar-refractivity contribution in [3.05, 3.63) is 78.4 Å². The molecule has 0 unspecified atom stereocenters. The second kappa shape index (κ2) is 9.39. The predicted molar refractivity (Wildman–Crippen MR) is 116 cm³/mol. The largest absolute Gasteiger partial charge is 0.357 e. The molecule has 0 saturated carbocycles. The second-order valence-corrected chi connectivity index (χ2v) is 7.47. The molecule has 0 atom stereocenters. The first-order valence-corrected chi connectivity index (χ1v) is 9.98. The van der Waals surface area contributed by atoms with Gasteiger partial charge in [-0.1, -0.05) is 60.7 Å². The minimum absolute atomic E-state index is 0.0977. The Labute approximate surface area is 168 Å². The van der Waals surface area contributed by atoms with E-state index in [2.05, 4.69) is 35.0 Å². The third-order valence-corrected chi connectivity index (χ3v) is 5.39. The Hall–Kier alpha value is -2.57. The van der Waals surface area contributed by atoms with Gasteiger partial charge in [0, 0.05) is 18.5 Å². The lowest BCUT2D eigenvalue weighted by atomic mass is 10.1. The summed E-state index contributed by atoms with van der Waals surface area (Å²) in [6, 6.07) is 24.4. The molecular weight excluding hydrogens is 374 g/mol. The summed E-state index contributed by atoms with van der Waals surface area (Å²) in [4.78, 5) is 13.3. The summed E-state index contributed by atoms with van der Waals surface area (Å²) >= 11 is 6.82. The first-order chi connectivity index (χ1) is 13.1. The number of fused-ring (bicyclic) bond motifs is 1. The predicted octanol–water partition coefficient (Wildman–Crippen LogP) is 3.97. The first kappa shape index (κ1) is 19.2. The summed E-state index contributed by atoms with van der Waals surface area (Å²) in [7, 11) is 1.74. The zero-order valence-electron chi connectivity index (χ0n) is 15.0. The van der Waals surface area contributed by atoms with Crippen LogP contribution in [0.3, 0.4) is 0 Å². The van der Waals surface area contributed by atoms with Crippen LogP contribution in [0.1, 0.15) is 5.56 Å². The van der Waals surface area contributed by atoms with Crippen LogP contribution in [-0.4, -0.2) is 28.8 Å². The minimum Gasteiger partial charge on any atom is -0.357 e. The van der Waals surface area contributed by atoms with E-state index in [0.29, 0.717) is 17.4 Å². The van der Waals surface area contributed by atoms with E-state index in [9.17, 15) is 4.79 Å². The Balaban J connectivity index is 1.45. The summed E-state index contributed by atoms with van der Waals surface area (Å²) in [5.74, 6) is 0.226. The Morgan fingerprint density at radius 3 is 2.48 bits per heavy atom. The van der Waals surface area contributed by atoms with Gasteiger partial charge < -0.3 is 5.32 Å². The lowest BCUT2D eigenvalue weighted by Gasteiger charge is -2.21. The zero-order valence-corrected chi connectivity index (χ0v) is 16.6. The molecule has 3 aromatic carbocycles. The van der Waals surface area contributed by atoms with Gasteiger partial charge in [0.15, 0.2) is 5.11 Å². The smallest absolute Gasteiger partial charge is 0.248 e. The zero-order chi connectivity index (χ0) is 19.1. The number of amides is 1. The van der Waals surface area contributed by atoms with Crippen LogP contribution in [0.5, 0.6) is 0 Å². The molecule has 0 aliphatic heterocycles. The molecule has 2 N–H and O–H groups in total. The average Bonchev–Trinajstić information content (AvgIpc) is 2.71. The van der Waals surface area contributed by atoms with Crippen molar-refractivity contribution in [3.8, 4) is 0 Å². The van der Waals surface area contributed by atoms with Gasteiger partial charge in [-0.2, -0.15) is 0 Å². The van der Waals surface area contributed by atoms with E-state index in [0.717, 1.165) is 10.5 Å². The van der Waals surface area contributed by atoms with Gasteiger partial charge in [0.05, 0.1) is 5.75 Å². The van der Waals surface area contributed by atoms with E-state index in [1.165, 1.54) is 22.5 Å². The topological polar surface area (TPSA) is 44.4 Å². The molecule has 3 rings (SSSR count). The lowest BCUT2D eigenvalue weighted by molar-refractivity contribution is -0.121. The van der Waals surface area contributed by atoms with Gasteiger partial charge in [-0.05, 0) is 40.7 Å². The molecule has 0 bridgehead atoms. The van der Waals surface area contributed by atoms with Crippen LogP contribution in [0.15, 0.2) is 77.7 Å². The number of benzene rings is 3. The van der Waals surface area contributed by atoms with E-state index < -0.39 is 0 Å². The molecule has 4 nitrogen and oxygen atoms in total. The second-order valence-electron chi connectivity index (χ2n) is 6.04. The number of hydrogen-bond donors (Lipinski definition) is 2. The van der Waals surface area contributed by atoms with E-state index in [-0.39, 0.29) is 5.91 Å². The van der Waals surface area contributed by atoms with Crippen LogP contribution in [0.25, 0.3) is 10.8 Å². The first-order valence-electron chi connectivity index (χ1n) is 8.58. The number of nitrogens with zero attached hydrogens (tertiary/aromatic N) is 1. The molecule has 0 saturated heterocycles. The Kier molecular flexibility index (Phi) is 6.68. The SMILES string of the molecule is CN(NC(=O)CSc1ccc2ccccc2c1)C(=S)NCc1ccccc1. The summed E-state index contributed by atoms with van der Waals surface area (Å²) in [6.07, 6.45) is 0. The molecule has 6 heteroatoms. The van der Waals surface area contributed by atoms with Crippen LogP contribution in [0, 0.1) is 0 Å². The quantitative estimate of drug-likeness (QED) is 0.389. The number of thiocarbonyl (C=S) groups is 1. The van der Waals surface area contributed by atoms with Crippen molar-refractivity contribution in [1.29, 1.82) is 0 Å². The molecule has 138 valence electrons. The maximum Gasteiger partial charge on any atom is 0.248 e. The van der Waals surface area contributed by atoms with Crippen LogP contribution in [-0.2, 0) is 11.3 Å². The van der Waals surface area contributed by atoms with E-state index in [1.54, 1.807) is 12.1 Å². The number of hydrazine groups is 1. The van der Waals surface area contributed by atoms with E-state index in [1.807, 2.05) is 48.5 Å². The maximum absolute atomic E-state index is 12.2. The highest BCUT2D eigenvalue weighted by Gasteiger charge is 2.09. The van der Waals surface area contributed by atoms with Crippen molar-refractivity contribution in [2.75, 3.05) is 12.8 Å². The van der Waals surface area contributed by atoms with Crippen LogP contribution in [0.4, 0.5) is 0 Å². The number of hydrogen-bond acceptors (Lipinski definition) is 3. The van der Waals surface area contributed by atoms with Gasteiger partial charge in [0.1, 0.15) is 0 Å². The molecular formula is C21H21N3OS2. The molecule has 0 spiro atoms. The van der Waals surface area contributed by atoms with Gasteiger partial charge in [0.2, 0.25) is 5.91 Å². The van der Waals surface area contributed by atoms with Crippen molar-refractivity contribution >= 4 is 45.8 Å². The third-order valence-electron chi connectivity index (χ3n) is 3.97. The summed E-state index contributed by atoms with van der Waals surface area (Å²) in [5, 5.41) is 7.52. The molecule has 0 aliphatic rings. The fourth-order valence-electron chi connectivity index (χ4n) is 2.57. The number of thioether (sulfide) groups is 1. The van der Waals surface area contributed by atoms with Gasteiger partial charge >= 0.3 is 0 Å². The minimum atomic E-state index is -0.0977. The van der Waals surface area contributed by atoms with Crippen molar-refractivity contribution in [2.24, 2.45) is 0 Å². The molecule has 0 aromatic heterocycles. The Morgan fingerprint density at radius 1 is 1.00 bits per heavy atom. The number of rotatable bonds is 5. The fourth-order valence-corrected chi connectivity index (χ4v) is 3.42. The highest BCUT2D eigenvalue weighted by molar-refractivity contribution is 8.00. The molecule has 0 fully saturated rings. The number of carbonyl (C=O) groups excluding carboxylic acids is 1. The van der Waals surface area contributed by atoms with Crippen molar-refractivity contribution in [1.82, 2.24) is 15.8 Å². The summed E-state index contributed by atoms with van der Waals surface area (Å²) in [6.45, 7) is 0.617. The van der Waals surface area contributed by atoms with E-state index in [4.69, 9.17) is 12.2 Å². The van der Waals surface area contributed by atoms with E-state index >= 15 is 0 Å². The van der Waals surface area contributed by atoms with Gasteiger partial charge in [-0.25, -0.2) is 0 Å². The Bertz CT molecular complexity index is 931. The summed E-state index contributed by atoms with van der Waals surface area (Å²) < 4.78 is 0. The Morgan fingerprint density at radius 2 is 1.70 bits per heavy atom. The van der Waals surface area contributed by atoms with Crippen molar-refractivity contribution in [2.45, 2.75) is 11.4 Å². The molecule has 0 radical (unpaired) electrons. The molecule has 1 amide bonds. The molecule has 27 heavy (non-hydrogen) atoms. The number of nitrogens with one attached hydrogen (secondary N) is 2. The lowest BCUT2D eigenvalue weighted by Crippen LogP contribution is -2.48. The highest BCUT2D eigenvalue weighted by atomic mass is 32.2. The van der Waals surface area contributed by atoms with Crippen LogP contribution in [0.2, 0.25) is 0 Å². The van der Waals surface area contributed by atoms with Crippen LogP contribution >= 0.6 is 24.0 Å².